The lowest BCUT2D eigenvalue weighted by Crippen LogP contribution is -2.18. The fraction of sp³-hybridized carbons (Fsp3) is 0.533. The highest BCUT2D eigenvalue weighted by atomic mass is 35.5. The Bertz CT molecular complexity index is 651. The summed E-state index contributed by atoms with van der Waals surface area (Å²) in [5.41, 5.74) is -3.05. The van der Waals surface area contributed by atoms with Crippen LogP contribution < -0.4 is 0 Å². The molecule has 134 valence electrons. The van der Waals surface area contributed by atoms with Crippen LogP contribution in [0, 0.1) is 0 Å². The molecule has 0 saturated carbocycles. The normalized spacial score (nSPS) is 13.5. The number of halogens is 4. The van der Waals surface area contributed by atoms with Gasteiger partial charge >= 0.3 is 5.51 Å². The van der Waals surface area contributed by atoms with Crippen molar-refractivity contribution in [1.82, 2.24) is 9.55 Å². The highest BCUT2D eigenvalue weighted by molar-refractivity contribution is 7.99. The van der Waals surface area contributed by atoms with Gasteiger partial charge in [-0.25, -0.2) is 4.98 Å². The first-order chi connectivity index (χ1) is 11.5. The Morgan fingerprint density at radius 1 is 1.29 bits per heavy atom. The van der Waals surface area contributed by atoms with E-state index in [1.165, 1.54) is 0 Å². The second-order valence-corrected chi connectivity index (χ2v) is 6.38. The van der Waals surface area contributed by atoms with Crippen molar-refractivity contribution in [2.45, 2.75) is 30.3 Å². The predicted octanol–water partition coefficient (Wildman–Crippen LogP) is 4.32. The molecular formula is C15H18ClF3N2O2S. The minimum Gasteiger partial charge on any atom is -0.396 e. The van der Waals surface area contributed by atoms with E-state index in [0.717, 1.165) is 0 Å². The molecule has 2 aromatic rings. The van der Waals surface area contributed by atoms with Gasteiger partial charge in [-0.3, -0.25) is 4.57 Å². The Labute approximate surface area is 147 Å². The second-order valence-electron chi connectivity index (χ2n) is 5.03. The number of aliphatic hydroxyl groups excluding tert-OH is 1. The van der Waals surface area contributed by atoms with Crippen LogP contribution in [0.3, 0.4) is 0 Å². The zero-order valence-electron chi connectivity index (χ0n) is 12.8. The van der Waals surface area contributed by atoms with Crippen LogP contribution in [0.1, 0.15) is 24.9 Å². The summed E-state index contributed by atoms with van der Waals surface area (Å²) in [5, 5.41) is 8.80. The number of ether oxygens (including phenoxy) is 1. The van der Waals surface area contributed by atoms with Crippen molar-refractivity contribution in [3.05, 3.63) is 30.1 Å². The monoisotopic (exact) mass is 382 g/mol. The SMILES string of the molecule is OCCCCOC(CCl)n1c(CSC(F)(F)F)nc2ccccc21. The fourth-order valence-corrected chi connectivity index (χ4v) is 3.01. The predicted molar refractivity (Wildman–Crippen MR) is 89.1 cm³/mol. The molecule has 24 heavy (non-hydrogen) atoms. The third kappa shape index (κ3) is 5.27. The molecule has 0 spiro atoms. The number of para-hydroxylation sites is 2. The van der Waals surface area contributed by atoms with Crippen LogP contribution in [0.25, 0.3) is 11.0 Å². The van der Waals surface area contributed by atoms with Gasteiger partial charge in [0.15, 0.2) is 0 Å². The quantitative estimate of drug-likeness (QED) is 0.518. The topological polar surface area (TPSA) is 47.3 Å². The van der Waals surface area contributed by atoms with Gasteiger partial charge in [0.1, 0.15) is 12.1 Å². The number of nitrogens with zero attached hydrogens (tertiary/aromatic N) is 2. The third-order valence-electron chi connectivity index (χ3n) is 3.32. The first-order valence-corrected chi connectivity index (χ1v) is 8.93. The van der Waals surface area contributed by atoms with Crippen molar-refractivity contribution in [2.75, 3.05) is 19.1 Å². The smallest absolute Gasteiger partial charge is 0.396 e. The molecule has 1 atom stereocenters. The van der Waals surface area contributed by atoms with E-state index in [4.69, 9.17) is 21.4 Å². The standard InChI is InChI=1S/C15H18ClF3N2O2S/c16-9-14(23-8-4-3-7-22)21-12-6-2-1-5-11(12)20-13(21)10-24-15(17,18)19/h1-2,5-6,14,22H,3-4,7-10H2. The Morgan fingerprint density at radius 3 is 2.71 bits per heavy atom. The number of aromatic nitrogens is 2. The average molecular weight is 383 g/mol. The molecule has 2 rings (SSSR count). The van der Waals surface area contributed by atoms with Crippen molar-refractivity contribution in [3.63, 3.8) is 0 Å². The van der Waals surface area contributed by atoms with E-state index < -0.39 is 11.7 Å². The molecule has 1 aromatic carbocycles. The van der Waals surface area contributed by atoms with Crippen molar-refractivity contribution < 1.29 is 23.0 Å². The van der Waals surface area contributed by atoms with Crippen LogP contribution >= 0.6 is 23.4 Å². The summed E-state index contributed by atoms with van der Waals surface area (Å²) in [7, 11) is 0. The molecule has 1 aromatic heterocycles. The fourth-order valence-electron chi connectivity index (χ4n) is 2.29. The number of hydrogen-bond donors (Lipinski definition) is 1. The summed E-state index contributed by atoms with van der Waals surface area (Å²) in [4.78, 5) is 4.29. The summed E-state index contributed by atoms with van der Waals surface area (Å²) < 4.78 is 45.0. The van der Waals surface area contributed by atoms with E-state index in [9.17, 15) is 13.2 Å². The number of benzene rings is 1. The summed E-state index contributed by atoms with van der Waals surface area (Å²) in [5.74, 6) is 0.0423. The van der Waals surface area contributed by atoms with Gasteiger partial charge in [0.2, 0.25) is 0 Å². The molecular weight excluding hydrogens is 365 g/mol. The molecule has 4 nitrogen and oxygen atoms in total. The molecule has 0 aliphatic rings. The van der Waals surface area contributed by atoms with Gasteiger partial charge in [0.25, 0.3) is 0 Å². The molecule has 0 aliphatic heterocycles. The van der Waals surface area contributed by atoms with Gasteiger partial charge < -0.3 is 9.84 Å². The number of rotatable bonds is 9. The minimum atomic E-state index is -4.33. The first kappa shape index (κ1) is 19.4. The number of hydrogen-bond acceptors (Lipinski definition) is 4. The van der Waals surface area contributed by atoms with Crippen molar-refractivity contribution in [2.24, 2.45) is 0 Å². The highest BCUT2D eigenvalue weighted by Crippen LogP contribution is 2.34. The molecule has 0 radical (unpaired) electrons. The Hall–Kier alpha value is -0.960. The third-order valence-corrected chi connectivity index (χ3v) is 4.31. The van der Waals surface area contributed by atoms with E-state index in [2.05, 4.69) is 4.98 Å². The van der Waals surface area contributed by atoms with Crippen molar-refractivity contribution in [3.8, 4) is 0 Å². The van der Waals surface area contributed by atoms with Crippen LogP contribution in [0.5, 0.6) is 0 Å². The molecule has 0 bridgehead atoms. The maximum atomic E-state index is 12.5. The number of thioether (sulfide) groups is 1. The molecule has 1 unspecified atom stereocenters. The first-order valence-electron chi connectivity index (χ1n) is 7.41. The Balaban J connectivity index is 2.26. The number of imidazole rings is 1. The molecule has 0 aliphatic carbocycles. The number of alkyl halides is 4. The van der Waals surface area contributed by atoms with Crippen LogP contribution in [-0.2, 0) is 10.5 Å². The lowest BCUT2D eigenvalue weighted by molar-refractivity contribution is -0.0330. The van der Waals surface area contributed by atoms with Crippen LogP contribution in [0.2, 0.25) is 0 Å². The van der Waals surface area contributed by atoms with Gasteiger partial charge in [-0.1, -0.05) is 12.1 Å². The van der Waals surface area contributed by atoms with Crippen molar-refractivity contribution >= 4 is 34.4 Å². The van der Waals surface area contributed by atoms with E-state index in [-0.39, 0.29) is 35.8 Å². The molecule has 0 amide bonds. The highest BCUT2D eigenvalue weighted by Gasteiger charge is 2.30. The van der Waals surface area contributed by atoms with Crippen LogP contribution in [0.4, 0.5) is 13.2 Å². The maximum Gasteiger partial charge on any atom is 0.442 e. The van der Waals surface area contributed by atoms with Crippen molar-refractivity contribution in [1.29, 1.82) is 0 Å². The number of unbranched alkanes of at least 4 members (excludes halogenated alkanes) is 1. The average Bonchev–Trinajstić information content (AvgIpc) is 2.91. The largest absolute Gasteiger partial charge is 0.442 e. The van der Waals surface area contributed by atoms with Crippen LogP contribution in [-0.4, -0.2) is 39.3 Å². The minimum absolute atomic E-state index is 0.0659. The van der Waals surface area contributed by atoms with Gasteiger partial charge in [-0.05, 0) is 36.7 Å². The van der Waals surface area contributed by atoms with Crippen LogP contribution in [0.15, 0.2) is 24.3 Å². The van der Waals surface area contributed by atoms with Gasteiger partial charge in [-0.15, -0.1) is 11.6 Å². The lowest BCUT2D eigenvalue weighted by atomic mass is 10.3. The Morgan fingerprint density at radius 2 is 2.04 bits per heavy atom. The molecule has 1 heterocycles. The molecule has 9 heteroatoms. The zero-order chi connectivity index (χ0) is 17.6. The summed E-state index contributed by atoms with van der Waals surface area (Å²) in [6.45, 7) is 0.423. The molecule has 0 fully saturated rings. The van der Waals surface area contributed by atoms with E-state index >= 15 is 0 Å². The number of aliphatic hydroxyl groups is 1. The van der Waals surface area contributed by atoms with E-state index in [1.807, 2.05) is 0 Å². The summed E-state index contributed by atoms with van der Waals surface area (Å²) in [6.07, 6.45) is 0.626. The summed E-state index contributed by atoms with van der Waals surface area (Å²) >= 11 is 5.84. The Kier molecular flexibility index (Phi) is 7.21. The lowest BCUT2D eigenvalue weighted by Gasteiger charge is -2.20. The van der Waals surface area contributed by atoms with Gasteiger partial charge in [0.05, 0.1) is 22.7 Å². The molecule has 1 N–H and O–H groups in total. The van der Waals surface area contributed by atoms with E-state index in [1.54, 1.807) is 28.8 Å². The van der Waals surface area contributed by atoms with E-state index in [0.29, 0.717) is 30.5 Å². The zero-order valence-corrected chi connectivity index (χ0v) is 14.4. The van der Waals surface area contributed by atoms with Gasteiger partial charge in [-0.2, -0.15) is 13.2 Å². The van der Waals surface area contributed by atoms with Gasteiger partial charge in [0, 0.05) is 13.2 Å². The molecule has 0 saturated heterocycles. The second kappa shape index (κ2) is 8.94. The summed E-state index contributed by atoms with van der Waals surface area (Å²) in [6, 6.07) is 7.09. The number of fused-ring (bicyclic) bond motifs is 1. The maximum absolute atomic E-state index is 12.5.